The fourth-order valence-corrected chi connectivity index (χ4v) is 2.48. The minimum atomic E-state index is 0.315. The summed E-state index contributed by atoms with van der Waals surface area (Å²) in [6, 6.07) is 6.29. The van der Waals surface area contributed by atoms with E-state index >= 15 is 0 Å². The third kappa shape index (κ3) is 3.09. The number of thiocarbonyl (C=S) groups is 1. The first kappa shape index (κ1) is 12.2. The average Bonchev–Trinajstić information content (AvgIpc) is 2.29. The Bertz CT molecular complexity index is 411. The lowest BCUT2D eigenvalue weighted by Gasteiger charge is -2.30. The number of nitrogens with zero attached hydrogens (tertiary/aromatic N) is 1. The number of benzene rings is 1. The molecule has 1 aromatic rings. The highest BCUT2D eigenvalue weighted by Crippen LogP contribution is 2.26. The molecule has 1 aromatic carbocycles. The fourth-order valence-electron chi connectivity index (χ4n) is 2.37. The van der Waals surface area contributed by atoms with Gasteiger partial charge in [0.25, 0.3) is 0 Å². The molecule has 1 heterocycles. The molecule has 0 saturated carbocycles. The van der Waals surface area contributed by atoms with Crippen LogP contribution in [0.3, 0.4) is 0 Å². The molecule has 1 aliphatic rings. The Morgan fingerprint density at radius 1 is 1.29 bits per heavy atom. The van der Waals surface area contributed by atoms with E-state index in [1.807, 2.05) is 6.07 Å². The van der Waals surface area contributed by atoms with Crippen molar-refractivity contribution in [3.63, 3.8) is 0 Å². The van der Waals surface area contributed by atoms with Crippen molar-refractivity contribution in [1.29, 1.82) is 0 Å². The maximum absolute atomic E-state index is 5.47. The van der Waals surface area contributed by atoms with Crippen molar-refractivity contribution in [2.75, 3.05) is 23.3 Å². The Hall–Kier alpha value is -1.29. The number of hydrogen-bond acceptors (Lipinski definition) is 2. The van der Waals surface area contributed by atoms with Crippen LogP contribution >= 0.6 is 12.2 Å². The average molecular weight is 249 g/mol. The minimum absolute atomic E-state index is 0.315. The molecule has 3 nitrogen and oxygen atoms in total. The van der Waals surface area contributed by atoms with Crippen molar-refractivity contribution >= 4 is 28.7 Å². The zero-order chi connectivity index (χ0) is 12.3. The highest BCUT2D eigenvalue weighted by Gasteiger charge is 2.12. The first-order chi connectivity index (χ1) is 8.16. The largest absolute Gasteiger partial charge is 0.376 e. The minimum Gasteiger partial charge on any atom is -0.376 e. The van der Waals surface area contributed by atoms with Crippen LogP contribution in [0.25, 0.3) is 0 Å². The number of aryl methyl sites for hydroxylation is 1. The monoisotopic (exact) mass is 249 g/mol. The molecule has 17 heavy (non-hydrogen) atoms. The fraction of sp³-hybridized carbons (Fsp3) is 0.462. The second-order valence-corrected chi connectivity index (χ2v) is 4.98. The van der Waals surface area contributed by atoms with Gasteiger partial charge >= 0.3 is 0 Å². The van der Waals surface area contributed by atoms with Crippen LogP contribution in [0.2, 0.25) is 0 Å². The van der Waals surface area contributed by atoms with Crippen molar-refractivity contribution in [3.05, 3.63) is 23.8 Å². The summed E-state index contributed by atoms with van der Waals surface area (Å²) in [5.41, 5.74) is 9.04. The molecule has 92 valence electrons. The van der Waals surface area contributed by atoms with E-state index in [-0.39, 0.29) is 0 Å². The van der Waals surface area contributed by atoms with Gasteiger partial charge in [0, 0.05) is 24.5 Å². The van der Waals surface area contributed by atoms with Gasteiger partial charge in [-0.05, 0) is 62.2 Å². The molecular formula is C13H19N3S. The van der Waals surface area contributed by atoms with E-state index in [0.717, 1.165) is 5.69 Å². The molecule has 1 fully saturated rings. The summed E-state index contributed by atoms with van der Waals surface area (Å²) in [6.07, 6.45) is 3.95. The third-order valence-electron chi connectivity index (χ3n) is 3.16. The summed E-state index contributed by atoms with van der Waals surface area (Å²) in [6.45, 7) is 4.47. The Morgan fingerprint density at radius 2 is 2.00 bits per heavy atom. The lowest BCUT2D eigenvalue weighted by molar-refractivity contribution is 0.577. The molecule has 0 unspecified atom stereocenters. The number of hydrogen-bond donors (Lipinski definition) is 2. The zero-order valence-corrected chi connectivity index (χ0v) is 11.0. The molecule has 0 atom stereocenters. The van der Waals surface area contributed by atoms with Crippen LogP contribution in [0.5, 0.6) is 0 Å². The second-order valence-electron chi connectivity index (χ2n) is 4.54. The molecule has 0 bridgehead atoms. The Kier molecular flexibility index (Phi) is 3.84. The maximum atomic E-state index is 5.47. The molecule has 1 saturated heterocycles. The van der Waals surface area contributed by atoms with Crippen LogP contribution in [0, 0.1) is 6.92 Å². The first-order valence-corrected chi connectivity index (χ1v) is 6.50. The zero-order valence-electron chi connectivity index (χ0n) is 10.2. The quantitative estimate of drug-likeness (QED) is 0.791. The summed E-state index contributed by atoms with van der Waals surface area (Å²) in [7, 11) is 0. The number of anilines is 2. The van der Waals surface area contributed by atoms with E-state index in [1.54, 1.807) is 0 Å². The molecule has 0 radical (unpaired) electrons. The predicted octanol–water partition coefficient (Wildman–Crippen LogP) is 2.64. The summed E-state index contributed by atoms with van der Waals surface area (Å²) in [4.78, 5) is 2.46. The topological polar surface area (TPSA) is 41.3 Å². The number of piperidine rings is 1. The van der Waals surface area contributed by atoms with Gasteiger partial charge in [-0.25, -0.2) is 0 Å². The van der Waals surface area contributed by atoms with Crippen LogP contribution in [0.1, 0.15) is 24.8 Å². The van der Waals surface area contributed by atoms with Gasteiger partial charge in [0.2, 0.25) is 0 Å². The van der Waals surface area contributed by atoms with Gasteiger partial charge in [-0.1, -0.05) is 0 Å². The number of rotatable bonds is 2. The van der Waals surface area contributed by atoms with E-state index in [4.69, 9.17) is 18.0 Å². The lowest BCUT2D eigenvalue weighted by Crippen LogP contribution is -2.30. The van der Waals surface area contributed by atoms with Crippen LogP contribution < -0.4 is 16.0 Å². The summed E-state index contributed by atoms with van der Waals surface area (Å²) >= 11 is 4.84. The van der Waals surface area contributed by atoms with Crippen LogP contribution in [-0.2, 0) is 0 Å². The second kappa shape index (κ2) is 5.36. The van der Waals surface area contributed by atoms with Gasteiger partial charge in [-0.15, -0.1) is 0 Å². The summed E-state index contributed by atoms with van der Waals surface area (Å²) in [5.74, 6) is 0. The normalized spacial score (nSPS) is 15.7. The Balaban J connectivity index is 2.15. The van der Waals surface area contributed by atoms with E-state index < -0.39 is 0 Å². The third-order valence-corrected chi connectivity index (χ3v) is 3.26. The van der Waals surface area contributed by atoms with Gasteiger partial charge in [-0.3, -0.25) is 0 Å². The predicted molar refractivity (Wildman–Crippen MR) is 77.7 cm³/mol. The highest BCUT2D eigenvalue weighted by molar-refractivity contribution is 7.80. The summed E-state index contributed by atoms with van der Waals surface area (Å²) < 4.78 is 0. The highest BCUT2D eigenvalue weighted by atomic mass is 32.1. The van der Waals surface area contributed by atoms with Gasteiger partial charge in [0.15, 0.2) is 5.11 Å². The van der Waals surface area contributed by atoms with Crippen molar-refractivity contribution in [2.45, 2.75) is 26.2 Å². The Morgan fingerprint density at radius 3 is 2.59 bits per heavy atom. The van der Waals surface area contributed by atoms with Gasteiger partial charge in [-0.2, -0.15) is 0 Å². The smallest absolute Gasteiger partial charge is 0.168 e. The van der Waals surface area contributed by atoms with Crippen molar-refractivity contribution in [1.82, 2.24) is 0 Å². The molecule has 0 aliphatic carbocycles. The maximum Gasteiger partial charge on any atom is 0.168 e. The van der Waals surface area contributed by atoms with Gasteiger partial charge in [0.05, 0.1) is 0 Å². The van der Waals surface area contributed by atoms with E-state index in [2.05, 4.69) is 29.3 Å². The number of nitrogens with one attached hydrogen (secondary N) is 1. The molecule has 4 heteroatoms. The van der Waals surface area contributed by atoms with E-state index in [1.165, 1.54) is 43.6 Å². The number of nitrogens with two attached hydrogens (primary N) is 1. The molecule has 0 amide bonds. The van der Waals surface area contributed by atoms with Crippen LogP contribution in [0.4, 0.5) is 11.4 Å². The lowest BCUT2D eigenvalue weighted by atomic mass is 10.1. The van der Waals surface area contributed by atoms with Crippen molar-refractivity contribution in [2.24, 2.45) is 5.73 Å². The van der Waals surface area contributed by atoms with Crippen LogP contribution in [0.15, 0.2) is 18.2 Å². The molecule has 1 aliphatic heterocycles. The molecular weight excluding hydrogens is 230 g/mol. The molecule has 0 spiro atoms. The van der Waals surface area contributed by atoms with Gasteiger partial charge in [0.1, 0.15) is 0 Å². The molecule has 2 rings (SSSR count). The molecule has 3 N–H and O–H groups in total. The molecule has 0 aromatic heterocycles. The SMILES string of the molecule is Cc1cc(NC(N)=S)ccc1N1CCCCC1. The standard InChI is InChI=1S/C13H19N3S/c1-10-9-11(15-13(14)17)5-6-12(10)16-7-3-2-4-8-16/h5-6,9H,2-4,7-8H2,1H3,(H3,14,15,17). The summed E-state index contributed by atoms with van der Waals surface area (Å²) in [5, 5.41) is 3.28. The van der Waals surface area contributed by atoms with E-state index in [9.17, 15) is 0 Å². The first-order valence-electron chi connectivity index (χ1n) is 6.09. The Labute approximate surface area is 108 Å². The van der Waals surface area contributed by atoms with E-state index in [0.29, 0.717) is 5.11 Å². The van der Waals surface area contributed by atoms with Crippen LogP contribution in [-0.4, -0.2) is 18.2 Å². The van der Waals surface area contributed by atoms with Gasteiger partial charge < -0.3 is 16.0 Å². The van der Waals surface area contributed by atoms with Crippen molar-refractivity contribution < 1.29 is 0 Å². The van der Waals surface area contributed by atoms with Crippen molar-refractivity contribution in [3.8, 4) is 0 Å².